The van der Waals surface area contributed by atoms with Crippen LogP contribution < -0.4 is 11.1 Å². The third-order valence-electron chi connectivity index (χ3n) is 10.8. The normalized spacial score (nSPS) is 20.9. The third kappa shape index (κ3) is 7.75. The number of nitrogen functional groups attached to an aromatic ring is 1. The second-order valence-corrected chi connectivity index (χ2v) is 14.3. The van der Waals surface area contributed by atoms with E-state index in [1.807, 2.05) is 45.0 Å². The number of hydrogen-bond donors (Lipinski definition) is 2. The number of urea groups is 1. The van der Waals surface area contributed by atoms with Crippen LogP contribution >= 0.6 is 11.6 Å². The molecule has 4 amide bonds. The molecule has 11 heteroatoms. The Bertz CT molecular complexity index is 1540. The van der Waals surface area contributed by atoms with E-state index in [1.165, 1.54) is 6.42 Å². The Morgan fingerprint density at radius 1 is 0.979 bits per heavy atom. The quantitative estimate of drug-likeness (QED) is 0.339. The number of nitrogens with one attached hydrogen (secondary N) is 1. The maximum atomic E-state index is 14.2. The number of amides is 4. The molecule has 256 valence electrons. The van der Waals surface area contributed by atoms with Gasteiger partial charge >= 0.3 is 6.03 Å². The molecule has 3 N–H and O–H groups in total. The summed E-state index contributed by atoms with van der Waals surface area (Å²) in [5.41, 5.74) is 9.68. The lowest BCUT2D eigenvalue weighted by atomic mass is 9.91. The molecule has 3 saturated heterocycles. The number of likely N-dealkylation sites (tertiary alicyclic amines) is 2. The molecule has 6 rings (SSSR count). The molecule has 2 aromatic carbocycles. The molecule has 3 fully saturated rings. The fraction of sp³-hybridized carbons (Fsp3) is 0.541. The van der Waals surface area contributed by atoms with E-state index in [-0.39, 0.29) is 30.3 Å². The van der Waals surface area contributed by atoms with E-state index in [4.69, 9.17) is 23.8 Å². The zero-order chi connectivity index (χ0) is 33.8. The zero-order valence-corrected chi connectivity index (χ0v) is 28.8. The van der Waals surface area contributed by atoms with Crippen molar-refractivity contribution in [1.82, 2.24) is 24.5 Å². The zero-order valence-electron chi connectivity index (χ0n) is 28.0. The Hall–Kier alpha value is -3.78. The predicted octanol–water partition coefficient (Wildman–Crippen LogP) is 4.12. The molecule has 0 aromatic heterocycles. The van der Waals surface area contributed by atoms with Crippen LogP contribution in [-0.4, -0.2) is 114 Å². The topological polar surface area (TPSA) is 105 Å². The molecule has 2 aromatic rings. The van der Waals surface area contributed by atoms with Crippen LogP contribution in [0.3, 0.4) is 0 Å². The van der Waals surface area contributed by atoms with Crippen molar-refractivity contribution >= 4 is 40.8 Å². The number of benzene rings is 2. The van der Waals surface area contributed by atoms with Gasteiger partial charge in [-0.25, -0.2) is 4.79 Å². The van der Waals surface area contributed by atoms with Gasteiger partial charge in [0.15, 0.2) is 0 Å². The van der Waals surface area contributed by atoms with Gasteiger partial charge in [-0.2, -0.15) is 0 Å². The van der Waals surface area contributed by atoms with Gasteiger partial charge in [-0.1, -0.05) is 35.7 Å². The van der Waals surface area contributed by atoms with Crippen molar-refractivity contribution in [3.8, 4) is 12.3 Å². The van der Waals surface area contributed by atoms with E-state index < -0.39 is 5.92 Å². The van der Waals surface area contributed by atoms with Gasteiger partial charge in [-0.05, 0) is 88.0 Å². The van der Waals surface area contributed by atoms with Crippen molar-refractivity contribution in [1.29, 1.82) is 0 Å². The van der Waals surface area contributed by atoms with Crippen LogP contribution in [0.2, 0.25) is 5.02 Å². The fourth-order valence-corrected chi connectivity index (χ4v) is 8.11. The number of halogens is 1. The maximum Gasteiger partial charge on any atom is 0.322 e. The van der Waals surface area contributed by atoms with Crippen molar-refractivity contribution < 1.29 is 14.4 Å². The average molecular weight is 674 g/mol. The molecule has 4 heterocycles. The molecule has 0 aliphatic carbocycles. The summed E-state index contributed by atoms with van der Waals surface area (Å²) < 4.78 is 0. The number of terminal acetylenes is 1. The van der Waals surface area contributed by atoms with Crippen molar-refractivity contribution in [3.05, 3.63) is 58.1 Å². The number of likely N-dealkylation sites (N-methyl/N-ethyl adjacent to an activating group) is 1. The molecule has 1 atom stereocenters. The molecule has 0 spiro atoms. The fourth-order valence-electron chi connectivity index (χ4n) is 7.87. The predicted molar refractivity (Wildman–Crippen MR) is 190 cm³/mol. The summed E-state index contributed by atoms with van der Waals surface area (Å²) in [6.07, 6.45) is 10.6. The van der Waals surface area contributed by atoms with Crippen LogP contribution in [0.1, 0.15) is 55.2 Å². The first kappa shape index (κ1) is 34.1. The number of carbonyl (C=O) groups excluding carboxylic acids is 3. The molecule has 0 bridgehead atoms. The number of rotatable bonds is 7. The highest BCUT2D eigenvalue weighted by atomic mass is 35.5. The second-order valence-electron chi connectivity index (χ2n) is 13.9. The summed E-state index contributed by atoms with van der Waals surface area (Å²) >= 11 is 6.43. The number of hydrogen-bond acceptors (Lipinski definition) is 6. The summed E-state index contributed by atoms with van der Waals surface area (Å²) in [4.78, 5) is 51.6. The smallest absolute Gasteiger partial charge is 0.322 e. The van der Waals surface area contributed by atoms with Gasteiger partial charge in [0.05, 0.1) is 16.6 Å². The van der Waals surface area contributed by atoms with E-state index in [0.29, 0.717) is 74.3 Å². The van der Waals surface area contributed by atoms with Gasteiger partial charge in [-0.3, -0.25) is 14.5 Å². The SMILES string of the molecule is C#Cc1cc(C[C@@H](CC(=O)N2CCC(N3Cc4ccccc4NC3=O)CC2)C(=O)N2CCC(N3CCCN(C)CC3)CC2)cc(Cl)c1N. The molecule has 10 nitrogen and oxygen atoms in total. The molecule has 4 aliphatic rings. The number of fused-ring (bicyclic) bond motifs is 1. The number of nitrogens with two attached hydrogens (primary N) is 1. The van der Waals surface area contributed by atoms with Crippen molar-refractivity contribution in [2.45, 2.75) is 63.6 Å². The largest absolute Gasteiger partial charge is 0.397 e. The summed E-state index contributed by atoms with van der Waals surface area (Å²) in [7, 11) is 2.18. The van der Waals surface area contributed by atoms with E-state index in [1.54, 1.807) is 6.07 Å². The molecule has 0 unspecified atom stereocenters. The maximum absolute atomic E-state index is 14.2. The minimum Gasteiger partial charge on any atom is -0.397 e. The molecule has 48 heavy (non-hydrogen) atoms. The lowest BCUT2D eigenvalue weighted by molar-refractivity contribution is -0.143. The average Bonchev–Trinajstić information content (AvgIpc) is 3.33. The van der Waals surface area contributed by atoms with Crippen molar-refractivity contribution in [2.75, 3.05) is 70.5 Å². The molecule has 0 radical (unpaired) electrons. The van der Waals surface area contributed by atoms with Crippen molar-refractivity contribution in [2.24, 2.45) is 5.92 Å². The van der Waals surface area contributed by atoms with Crippen LogP contribution in [0.15, 0.2) is 36.4 Å². The number of anilines is 2. The van der Waals surface area contributed by atoms with Gasteiger partial charge in [-0.15, -0.1) is 6.42 Å². The van der Waals surface area contributed by atoms with Crippen LogP contribution in [-0.2, 0) is 22.6 Å². The highest BCUT2D eigenvalue weighted by Gasteiger charge is 2.36. The lowest BCUT2D eigenvalue weighted by Gasteiger charge is -2.41. The van der Waals surface area contributed by atoms with E-state index in [2.05, 4.69) is 28.1 Å². The lowest BCUT2D eigenvalue weighted by Crippen LogP contribution is -2.52. The minimum atomic E-state index is -0.548. The molecule has 4 aliphatic heterocycles. The van der Waals surface area contributed by atoms with Gasteiger partial charge in [0, 0.05) is 75.6 Å². The standard InChI is InChI=1S/C37H48ClN7O3/c1-3-27-21-26(23-32(38)35(27)39)22-29(36(47)44-17-9-30(10-18-44)42-14-6-13-41(2)19-20-42)24-34(46)43-15-11-31(12-16-43)45-25-28-7-4-5-8-33(28)40-37(45)48/h1,4-5,7-8,21,23,29-31H,6,9-20,22,24-25,39H2,2H3,(H,40,48)/t29-/m0/s1. The Labute approximate surface area is 289 Å². The van der Waals surface area contributed by atoms with Crippen LogP contribution in [0.5, 0.6) is 0 Å². The first-order chi connectivity index (χ1) is 23.2. The minimum absolute atomic E-state index is 0.00569. The summed E-state index contributed by atoms with van der Waals surface area (Å²) in [6, 6.07) is 11.9. The summed E-state index contributed by atoms with van der Waals surface area (Å²) in [5.74, 6) is 2.02. The van der Waals surface area contributed by atoms with Gasteiger partial charge in [0.2, 0.25) is 11.8 Å². The van der Waals surface area contributed by atoms with Crippen molar-refractivity contribution in [3.63, 3.8) is 0 Å². The van der Waals surface area contributed by atoms with Crippen LogP contribution in [0.25, 0.3) is 0 Å². The van der Waals surface area contributed by atoms with Gasteiger partial charge in [0.1, 0.15) is 0 Å². The Morgan fingerprint density at radius 3 is 2.44 bits per heavy atom. The van der Waals surface area contributed by atoms with E-state index in [0.717, 1.165) is 55.8 Å². The summed E-state index contributed by atoms with van der Waals surface area (Å²) in [5, 5.41) is 3.36. The monoisotopic (exact) mass is 673 g/mol. The highest BCUT2D eigenvalue weighted by molar-refractivity contribution is 6.33. The molecule has 0 saturated carbocycles. The Balaban J connectivity index is 1.10. The summed E-state index contributed by atoms with van der Waals surface area (Å²) in [6.45, 7) is 7.38. The highest BCUT2D eigenvalue weighted by Crippen LogP contribution is 2.30. The molecular weight excluding hydrogens is 626 g/mol. The number of nitrogens with zero attached hydrogens (tertiary/aromatic N) is 5. The van der Waals surface area contributed by atoms with Crippen LogP contribution in [0, 0.1) is 18.3 Å². The first-order valence-electron chi connectivity index (χ1n) is 17.4. The van der Waals surface area contributed by atoms with E-state index in [9.17, 15) is 14.4 Å². The van der Waals surface area contributed by atoms with E-state index >= 15 is 0 Å². The first-order valence-corrected chi connectivity index (χ1v) is 17.8. The van der Waals surface area contributed by atoms with Gasteiger partial charge in [0.25, 0.3) is 0 Å². The Morgan fingerprint density at radius 2 is 1.69 bits per heavy atom. The van der Waals surface area contributed by atoms with Crippen LogP contribution in [0.4, 0.5) is 16.2 Å². The number of carbonyl (C=O) groups is 3. The third-order valence-corrected chi connectivity index (χ3v) is 11.1. The number of piperidine rings is 2. The number of para-hydroxylation sites is 1. The Kier molecular flexibility index (Phi) is 10.8. The second kappa shape index (κ2) is 15.2. The molecular formula is C37H48ClN7O3. The van der Waals surface area contributed by atoms with Gasteiger partial charge < -0.3 is 30.7 Å².